The van der Waals surface area contributed by atoms with Gasteiger partial charge >= 0.3 is 0 Å². The normalized spacial score (nSPS) is 12.6. The number of amides is 1. The van der Waals surface area contributed by atoms with Crippen LogP contribution in [0.25, 0.3) is 10.2 Å². The van der Waals surface area contributed by atoms with Crippen LogP contribution in [0.5, 0.6) is 0 Å². The van der Waals surface area contributed by atoms with E-state index in [2.05, 4.69) is 9.71 Å². The quantitative estimate of drug-likeness (QED) is 0.545. The number of nitrogens with one attached hydrogen (secondary N) is 1. The van der Waals surface area contributed by atoms with E-state index in [1.54, 1.807) is 16.7 Å². The Labute approximate surface area is 175 Å². The molecule has 1 N–H and O–H groups in total. The SMILES string of the molecule is CCOCCn1/c(=N/S(=O)(=O)c2ccc(Cl)s2)sc2cc(NC(C)=O)ccc21. The van der Waals surface area contributed by atoms with Gasteiger partial charge in [-0.05, 0) is 37.3 Å². The molecule has 0 aliphatic heterocycles. The van der Waals surface area contributed by atoms with E-state index in [1.807, 2.05) is 13.0 Å². The van der Waals surface area contributed by atoms with Crippen molar-refractivity contribution in [2.75, 3.05) is 18.5 Å². The van der Waals surface area contributed by atoms with Crippen LogP contribution in [0.3, 0.4) is 0 Å². The van der Waals surface area contributed by atoms with Crippen LogP contribution < -0.4 is 10.1 Å². The minimum absolute atomic E-state index is 0.0882. The predicted molar refractivity (Wildman–Crippen MR) is 113 cm³/mol. The van der Waals surface area contributed by atoms with Gasteiger partial charge in [0.2, 0.25) is 10.7 Å². The molecule has 7 nitrogen and oxygen atoms in total. The Morgan fingerprint density at radius 1 is 1.29 bits per heavy atom. The number of rotatable bonds is 7. The molecule has 2 heterocycles. The summed E-state index contributed by atoms with van der Waals surface area (Å²) in [6.45, 7) is 4.77. The molecule has 0 atom stereocenters. The first-order valence-corrected chi connectivity index (χ1v) is 11.8. The van der Waals surface area contributed by atoms with Crippen molar-refractivity contribution >= 4 is 66.1 Å². The molecule has 0 aliphatic carbocycles. The number of ether oxygens (including phenoxy) is 1. The van der Waals surface area contributed by atoms with E-state index >= 15 is 0 Å². The highest BCUT2D eigenvalue weighted by atomic mass is 35.5. The molecule has 0 aliphatic rings. The molecule has 0 radical (unpaired) electrons. The number of sulfonamides is 1. The molecule has 11 heteroatoms. The van der Waals surface area contributed by atoms with Gasteiger partial charge in [0, 0.05) is 25.8 Å². The third-order valence-electron chi connectivity index (χ3n) is 3.67. The van der Waals surface area contributed by atoms with Crippen LogP contribution in [-0.2, 0) is 26.1 Å². The van der Waals surface area contributed by atoms with E-state index in [0.29, 0.717) is 34.6 Å². The summed E-state index contributed by atoms with van der Waals surface area (Å²) in [6.07, 6.45) is 0. The van der Waals surface area contributed by atoms with Gasteiger partial charge in [0.25, 0.3) is 10.0 Å². The van der Waals surface area contributed by atoms with Crippen molar-refractivity contribution in [2.24, 2.45) is 4.40 Å². The number of fused-ring (bicyclic) bond motifs is 1. The fraction of sp³-hybridized carbons (Fsp3) is 0.294. The number of hydrogen-bond donors (Lipinski definition) is 1. The summed E-state index contributed by atoms with van der Waals surface area (Å²) in [5, 5.41) is 2.73. The number of hydrogen-bond acceptors (Lipinski definition) is 6. The van der Waals surface area contributed by atoms with Gasteiger partial charge in [-0.25, -0.2) is 0 Å². The zero-order valence-electron chi connectivity index (χ0n) is 15.1. The third kappa shape index (κ3) is 4.81. The van der Waals surface area contributed by atoms with Crippen molar-refractivity contribution in [2.45, 2.75) is 24.6 Å². The largest absolute Gasteiger partial charge is 0.380 e. The van der Waals surface area contributed by atoms with Crippen molar-refractivity contribution in [3.63, 3.8) is 0 Å². The molecule has 1 aromatic carbocycles. The Morgan fingerprint density at radius 2 is 2.07 bits per heavy atom. The zero-order chi connectivity index (χ0) is 20.3. The maximum absolute atomic E-state index is 12.7. The summed E-state index contributed by atoms with van der Waals surface area (Å²) in [5.74, 6) is -0.179. The van der Waals surface area contributed by atoms with Gasteiger partial charge in [-0.3, -0.25) is 4.79 Å². The van der Waals surface area contributed by atoms with Gasteiger partial charge in [0.1, 0.15) is 4.21 Å². The summed E-state index contributed by atoms with van der Waals surface area (Å²) in [6, 6.07) is 8.37. The van der Waals surface area contributed by atoms with Crippen LogP contribution >= 0.6 is 34.3 Å². The van der Waals surface area contributed by atoms with Crippen molar-refractivity contribution in [3.8, 4) is 0 Å². The van der Waals surface area contributed by atoms with Gasteiger partial charge < -0.3 is 14.6 Å². The minimum atomic E-state index is -3.88. The summed E-state index contributed by atoms with van der Waals surface area (Å²) in [5.41, 5.74) is 1.45. The third-order valence-corrected chi connectivity index (χ3v) is 7.79. The fourth-order valence-electron chi connectivity index (χ4n) is 2.52. The highest BCUT2D eigenvalue weighted by Crippen LogP contribution is 2.27. The van der Waals surface area contributed by atoms with E-state index in [0.717, 1.165) is 21.6 Å². The van der Waals surface area contributed by atoms with E-state index in [9.17, 15) is 13.2 Å². The summed E-state index contributed by atoms with van der Waals surface area (Å²) in [7, 11) is -3.88. The molecule has 2 aromatic heterocycles. The van der Waals surface area contributed by atoms with E-state index in [4.69, 9.17) is 16.3 Å². The Balaban J connectivity index is 2.13. The molecule has 0 fully saturated rings. The number of halogens is 1. The minimum Gasteiger partial charge on any atom is -0.380 e. The van der Waals surface area contributed by atoms with Crippen LogP contribution in [0.2, 0.25) is 4.34 Å². The molecular formula is C17H18ClN3O4S3. The Hall–Kier alpha value is -1.72. The van der Waals surface area contributed by atoms with Crippen LogP contribution in [0, 0.1) is 0 Å². The number of nitrogens with zero attached hydrogens (tertiary/aromatic N) is 2. The first-order chi connectivity index (χ1) is 13.3. The lowest BCUT2D eigenvalue weighted by Gasteiger charge is -2.06. The fourth-order valence-corrected chi connectivity index (χ4v) is 6.28. The molecule has 0 spiro atoms. The number of thiophene rings is 1. The zero-order valence-corrected chi connectivity index (χ0v) is 18.3. The molecular weight excluding hydrogens is 442 g/mol. The standard InChI is InChI=1S/C17H18ClN3O4S3/c1-3-25-9-8-21-13-5-4-12(19-11(2)22)10-14(13)26-17(21)20-28(23,24)16-7-6-15(18)27-16/h4-7,10H,3,8-9H2,1-2H3,(H,19,22)/b20-17-. The number of carbonyl (C=O) groups is 1. The predicted octanol–water partition coefficient (Wildman–Crippen LogP) is 3.70. The molecule has 0 bridgehead atoms. The van der Waals surface area contributed by atoms with E-state index < -0.39 is 10.0 Å². The highest BCUT2D eigenvalue weighted by molar-refractivity contribution is 7.92. The van der Waals surface area contributed by atoms with Gasteiger partial charge in [0.15, 0.2) is 0 Å². The first-order valence-electron chi connectivity index (χ1n) is 8.35. The van der Waals surface area contributed by atoms with Gasteiger partial charge in [-0.2, -0.15) is 8.42 Å². The molecule has 3 aromatic rings. The van der Waals surface area contributed by atoms with Crippen LogP contribution in [0.4, 0.5) is 5.69 Å². The highest BCUT2D eigenvalue weighted by Gasteiger charge is 2.17. The molecule has 3 rings (SSSR count). The van der Waals surface area contributed by atoms with Crippen LogP contribution in [-0.4, -0.2) is 32.1 Å². The monoisotopic (exact) mass is 459 g/mol. The smallest absolute Gasteiger partial charge is 0.294 e. The number of benzene rings is 1. The van der Waals surface area contributed by atoms with Gasteiger partial charge in [-0.15, -0.1) is 15.7 Å². The number of thiazole rings is 1. The average molecular weight is 460 g/mol. The van der Waals surface area contributed by atoms with Crippen molar-refractivity contribution in [1.29, 1.82) is 0 Å². The number of carbonyl (C=O) groups excluding carboxylic acids is 1. The van der Waals surface area contributed by atoms with Crippen molar-refractivity contribution in [3.05, 3.63) is 39.5 Å². The average Bonchev–Trinajstić information content (AvgIpc) is 3.18. The second kappa shape index (κ2) is 8.75. The lowest BCUT2D eigenvalue weighted by atomic mass is 10.3. The second-order valence-corrected chi connectivity index (χ2v) is 10.3. The number of aromatic nitrogens is 1. The van der Waals surface area contributed by atoms with Crippen molar-refractivity contribution in [1.82, 2.24) is 4.57 Å². The molecule has 150 valence electrons. The number of anilines is 1. The van der Waals surface area contributed by atoms with E-state index in [1.165, 1.54) is 30.4 Å². The molecule has 0 saturated carbocycles. The first kappa shape index (κ1) is 21.0. The van der Waals surface area contributed by atoms with Gasteiger partial charge in [0.05, 0.1) is 21.2 Å². The summed E-state index contributed by atoms with van der Waals surface area (Å²) >= 11 is 8.06. The Morgan fingerprint density at radius 3 is 2.71 bits per heavy atom. The second-order valence-electron chi connectivity index (χ2n) is 5.72. The summed E-state index contributed by atoms with van der Waals surface area (Å²) < 4.78 is 37.9. The lowest BCUT2D eigenvalue weighted by Crippen LogP contribution is -2.19. The van der Waals surface area contributed by atoms with E-state index in [-0.39, 0.29) is 10.1 Å². The summed E-state index contributed by atoms with van der Waals surface area (Å²) in [4.78, 5) is 11.6. The topological polar surface area (TPSA) is 89.8 Å². The van der Waals surface area contributed by atoms with Crippen LogP contribution in [0.1, 0.15) is 13.8 Å². The Bertz CT molecular complexity index is 1180. The maximum Gasteiger partial charge on any atom is 0.294 e. The molecule has 28 heavy (non-hydrogen) atoms. The van der Waals surface area contributed by atoms with Crippen LogP contribution in [0.15, 0.2) is 38.9 Å². The van der Waals surface area contributed by atoms with Crippen molar-refractivity contribution < 1.29 is 17.9 Å². The molecule has 1 amide bonds. The molecule has 0 saturated heterocycles. The van der Waals surface area contributed by atoms with Gasteiger partial charge in [-0.1, -0.05) is 22.9 Å². The maximum atomic E-state index is 12.7. The molecule has 0 unspecified atom stereocenters. The lowest BCUT2D eigenvalue weighted by molar-refractivity contribution is -0.114. The Kier molecular flexibility index (Phi) is 6.56.